The monoisotopic (exact) mass is 623 g/mol. The van der Waals surface area contributed by atoms with Crippen molar-refractivity contribution in [3.63, 3.8) is 0 Å². The first-order valence-corrected chi connectivity index (χ1v) is 13.7. The lowest BCUT2D eigenvalue weighted by atomic mass is 9.72. The zero-order valence-electron chi connectivity index (χ0n) is 23.3. The molecule has 2 fully saturated rings. The van der Waals surface area contributed by atoms with Crippen LogP contribution in [0.1, 0.15) is 68.8 Å². The Hall–Kier alpha value is -3.76. The molecule has 0 radical (unpaired) electrons. The van der Waals surface area contributed by atoms with Crippen molar-refractivity contribution in [3.05, 3.63) is 51.6 Å². The molecule has 0 spiro atoms. The van der Waals surface area contributed by atoms with Crippen LogP contribution in [0.4, 0.5) is 13.2 Å². The number of methoxy groups -OCH3 is 1. The maximum atomic E-state index is 13.7. The third-order valence-electron chi connectivity index (χ3n) is 8.63. The number of nitrogens with one attached hydrogen (secondary N) is 1. The standard InChI is InChI=1S/C29H28F3NO11/c1-10-22(34)13(33-27(39)29(30,31)32)6-17(43-10)44-15-8-28(40,16-9-42-16)7-12-19(15)26(38)21-20(24(12)36)23(35)11-4-3-5-14(41-2)18(11)25(21)37/h3-5,10,13,15-17,22,34,36,38,40H,6-9H2,1-2H3,(H,33,39). The van der Waals surface area contributed by atoms with Gasteiger partial charge in [0.25, 0.3) is 0 Å². The summed E-state index contributed by atoms with van der Waals surface area (Å²) in [6, 6.07) is 2.88. The van der Waals surface area contributed by atoms with Crippen molar-refractivity contribution in [1.29, 1.82) is 0 Å². The number of aliphatic hydroxyl groups excluding tert-OH is 1. The highest BCUT2D eigenvalue weighted by Crippen LogP contribution is 2.54. The van der Waals surface area contributed by atoms with Crippen LogP contribution >= 0.6 is 0 Å². The van der Waals surface area contributed by atoms with Gasteiger partial charge in [0.15, 0.2) is 12.1 Å². The highest BCUT2D eigenvalue weighted by Gasteiger charge is 2.54. The second kappa shape index (κ2) is 10.4. The number of fused-ring (bicyclic) bond motifs is 3. The van der Waals surface area contributed by atoms with Gasteiger partial charge in [0.2, 0.25) is 5.78 Å². The molecule has 0 bridgehead atoms. The van der Waals surface area contributed by atoms with Gasteiger partial charge in [-0.25, -0.2) is 0 Å². The molecule has 0 aromatic heterocycles. The lowest BCUT2D eigenvalue weighted by Crippen LogP contribution is -2.57. The summed E-state index contributed by atoms with van der Waals surface area (Å²) in [6.45, 7) is 1.51. The van der Waals surface area contributed by atoms with Crippen LogP contribution in [0, 0.1) is 0 Å². The molecule has 2 aromatic rings. The molecule has 2 aliphatic carbocycles. The summed E-state index contributed by atoms with van der Waals surface area (Å²) in [4.78, 5) is 39.0. The number of ether oxygens (including phenoxy) is 4. The number of aromatic hydroxyl groups is 2. The molecular weight excluding hydrogens is 595 g/mol. The van der Waals surface area contributed by atoms with Crippen LogP contribution in [0.15, 0.2) is 18.2 Å². The number of rotatable bonds is 5. The number of carbonyl (C=O) groups excluding carboxylic acids is 3. The van der Waals surface area contributed by atoms with Crippen molar-refractivity contribution in [2.45, 2.75) is 74.7 Å². The van der Waals surface area contributed by atoms with Gasteiger partial charge in [0.05, 0.1) is 48.7 Å². The molecule has 2 heterocycles. The third-order valence-corrected chi connectivity index (χ3v) is 8.63. The summed E-state index contributed by atoms with van der Waals surface area (Å²) < 4.78 is 61.1. The third kappa shape index (κ3) is 4.79. The van der Waals surface area contributed by atoms with Crippen molar-refractivity contribution in [1.82, 2.24) is 5.32 Å². The number of aliphatic hydroxyl groups is 2. The molecule has 12 nitrogen and oxygen atoms in total. The Morgan fingerprint density at radius 2 is 1.80 bits per heavy atom. The molecule has 236 valence electrons. The van der Waals surface area contributed by atoms with E-state index in [4.69, 9.17) is 18.9 Å². The lowest BCUT2D eigenvalue weighted by Gasteiger charge is -2.43. The van der Waals surface area contributed by atoms with E-state index in [-0.39, 0.29) is 47.5 Å². The van der Waals surface area contributed by atoms with Crippen LogP contribution in [0.2, 0.25) is 0 Å². The van der Waals surface area contributed by atoms with Gasteiger partial charge in [-0.2, -0.15) is 13.2 Å². The van der Waals surface area contributed by atoms with Crippen molar-refractivity contribution >= 4 is 17.5 Å². The van der Waals surface area contributed by atoms with E-state index in [9.17, 15) is 48.0 Å². The van der Waals surface area contributed by atoms with E-state index in [2.05, 4.69) is 0 Å². The number of benzene rings is 2. The molecule has 1 amide bonds. The van der Waals surface area contributed by atoms with E-state index in [0.29, 0.717) is 0 Å². The Balaban J connectivity index is 1.42. The number of hydrogen-bond donors (Lipinski definition) is 5. The lowest BCUT2D eigenvalue weighted by molar-refractivity contribution is -0.251. The molecule has 2 saturated heterocycles. The minimum Gasteiger partial charge on any atom is -0.507 e. The summed E-state index contributed by atoms with van der Waals surface area (Å²) in [7, 11) is 1.30. The Morgan fingerprint density at radius 1 is 1.11 bits per heavy atom. The van der Waals surface area contributed by atoms with Gasteiger partial charge in [0.1, 0.15) is 35.1 Å². The number of alkyl halides is 3. The first kappa shape index (κ1) is 30.3. The largest absolute Gasteiger partial charge is 0.507 e. The topological polar surface area (TPSA) is 184 Å². The molecule has 6 rings (SSSR count). The molecule has 5 N–H and O–H groups in total. The van der Waals surface area contributed by atoms with E-state index >= 15 is 0 Å². The van der Waals surface area contributed by atoms with E-state index < -0.39 is 95.0 Å². The smallest absolute Gasteiger partial charge is 0.471 e. The van der Waals surface area contributed by atoms with E-state index in [0.717, 1.165) is 0 Å². The molecule has 2 aromatic carbocycles. The molecule has 4 aliphatic rings. The van der Waals surface area contributed by atoms with E-state index in [1.54, 1.807) is 5.32 Å². The summed E-state index contributed by atoms with van der Waals surface area (Å²) in [5.74, 6) is -5.14. The number of amides is 1. The number of carbonyl (C=O) groups is 3. The number of phenols is 2. The zero-order chi connectivity index (χ0) is 31.9. The quantitative estimate of drug-likeness (QED) is 0.205. The number of ketones is 2. The van der Waals surface area contributed by atoms with E-state index in [1.165, 1.54) is 32.2 Å². The first-order valence-electron chi connectivity index (χ1n) is 13.7. The fourth-order valence-electron chi connectivity index (χ4n) is 6.38. The highest BCUT2D eigenvalue weighted by atomic mass is 19.4. The SMILES string of the molecule is COc1cccc2c1C(=O)c1c(O)c3c(c(O)c1C2=O)CC(O)(C1CO1)CC3OC1CC(NC(=O)C(F)(F)F)C(O)C(C)O1. The van der Waals surface area contributed by atoms with Crippen LogP contribution in [-0.2, 0) is 25.4 Å². The number of halogens is 3. The van der Waals surface area contributed by atoms with Crippen molar-refractivity contribution < 1.29 is 66.9 Å². The predicted octanol–water partition coefficient (Wildman–Crippen LogP) is 1.56. The molecule has 7 atom stereocenters. The van der Waals surface area contributed by atoms with Gasteiger partial charge in [-0.05, 0) is 13.0 Å². The fourth-order valence-corrected chi connectivity index (χ4v) is 6.38. The maximum Gasteiger partial charge on any atom is 0.471 e. The summed E-state index contributed by atoms with van der Waals surface area (Å²) in [5.41, 5.74) is -3.06. The molecule has 2 aliphatic heterocycles. The summed E-state index contributed by atoms with van der Waals surface area (Å²) in [5, 5.41) is 46.7. The molecule has 15 heteroatoms. The van der Waals surface area contributed by atoms with Gasteiger partial charge in [-0.3, -0.25) is 14.4 Å². The highest BCUT2D eigenvalue weighted by molar-refractivity contribution is 6.31. The summed E-state index contributed by atoms with van der Waals surface area (Å²) >= 11 is 0. The fraction of sp³-hybridized carbons (Fsp3) is 0.483. The normalized spacial score (nSPS) is 31.1. The maximum absolute atomic E-state index is 13.7. The second-order valence-corrected chi connectivity index (χ2v) is 11.4. The Kier molecular flexibility index (Phi) is 7.16. The minimum atomic E-state index is -5.21. The number of hydrogen-bond acceptors (Lipinski definition) is 11. The Bertz CT molecular complexity index is 1570. The van der Waals surface area contributed by atoms with Gasteiger partial charge in [-0.1, -0.05) is 12.1 Å². The minimum absolute atomic E-state index is 0.0593. The Labute approximate surface area is 247 Å². The van der Waals surface area contributed by atoms with Gasteiger partial charge in [-0.15, -0.1) is 0 Å². The van der Waals surface area contributed by atoms with Crippen molar-refractivity contribution in [2.75, 3.05) is 13.7 Å². The van der Waals surface area contributed by atoms with Crippen molar-refractivity contribution in [2.24, 2.45) is 0 Å². The number of epoxide rings is 1. The average Bonchev–Trinajstić information content (AvgIpc) is 3.81. The molecular formula is C29H28F3NO11. The van der Waals surface area contributed by atoms with Crippen LogP contribution in [0.25, 0.3) is 0 Å². The zero-order valence-corrected chi connectivity index (χ0v) is 23.3. The number of phenolic OH excluding ortho intramolecular Hbond substituents is 2. The average molecular weight is 624 g/mol. The first-order chi connectivity index (χ1) is 20.7. The van der Waals surface area contributed by atoms with Crippen LogP contribution in [0.3, 0.4) is 0 Å². The van der Waals surface area contributed by atoms with Crippen LogP contribution in [0.5, 0.6) is 17.2 Å². The van der Waals surface area contributed by atoms with Gasteiger partial charge < -0.3 is 44.7 Å². The second-order valence-electron chi connectivity index (χ2n) is 11.4. The summed E-state index contributed by atoms with van der Waals surface area (Å²) in [6.07, 6.45) is -12.3. The van der Waals surface area contributed by atoms with Crippen molar-refractivity contribution in [3.8, 4) is 17.2 Å². The van der Waals surface area contributed by atoms with E-state index in [1.807, 2.05) is 0 Å². The predicted molar refractivity (Wildman–Crippen MR) is 139 cm³/mol. The van der Waals surface area contributed by atoms with Crippen LogP contribution in [-0.4, -0.2) is 94.0 Å². The van der Waals surface area contributed by atoms with Crippen LogP contribution < -0.4 is 10.1 Å². The molecule has 0 saturated carbocycles. The van der Waals surface area contributed by atoms with Gasteiger partial charge in [0, 0.05) is 36.0 Å². The van der Waals surface area contributed by atoms with Gasteiger partial charge >= 0.3 is 12.1 Å². The molecule has 44 heavy (non-hydrogen) atoms. The molecule has 7 unspecified atom stereocenters. The Morgan fingerprint density at radius 3 is 2.43 bits per heavy atom.